The number of benzene rings is 2. The van der Waals surface area contributed by atoms with Gasteiger partial charge in [0.15, 0.2) is 5.75 Å². The van der Waals surface area contributed by atoms with Crippen LogP contribution in [0, 0.1) is 0 Å². The van der Waals surface area contributed by atoms with Gasteiger partial charge in [0, 0.05) is 19.6 Å². The highest BCUT2D eigenvalue weighted by Gasteiger charge is 2.23. The average Bonchev–Trinajstić information content (AvgIpc) is 2.98. The Balaban J connectivity index is 1.85. The van der Waals surface area contributed by atoms with Gasteiger partial charge in [-0.3, -0.25) is 0 Å². The zero-order chi connectivity index (χ0) is 16.4. The maximum absolute atomic E-state index is 6.14. The fourth-order valence-electron chi connectivity index (χ4n) is 3.13. The van der Waals surface area contributed by atoms with Crippen molar-refractivity contribution in [1.29, 1.82) is 0 Å². The van der Waals surface area contributed by atoms with E-state index in [-0.39, 0.29) is 0 Å². The summed E-state index contributed by atoms with van der Waals surface area (Å²) in [6, 6.07) is 13.8. The van der Waals surface area contributed by atoms with E-state index in [1.54, 1.807) is 7.11 Å². The summed E-state index contributed by atoms with van der Waals surface area (Å²) in [4.78, 5) is 7.29. The molecule has 0 atom stereocenters. The topological polar surface area (TPSA) is 46.1 Å². The number of aliphatic imine (C=N–C) groups is 1. The van der Waals surface area contributed by atoms with E-state index in [4.69, 9.17) is 14.5 Å². The summed E-state index contributed by atoms with van der Waals surface area (Å²) in [5, 5.41) is 3.44. The molecule has 2 heterocycles. The lowest BCUT2D eigenvalue weighted by Crippen LogP contribution is -2.34. The first-order valence-electron chi connectivity index (χ1n) is 8.35. The molecule has 124 valence electrons. The smallest absolute Gasteiger partial charge is 0.153 e. The van der Waals surface area contributed by atoms with Gasteiger partial charge in [-0.15, -0.1) is 0 Å². The molecule has 5 nitrogen and oxygen atoms in total. The number of ether oxygens (including phenoxy) is 2. The van der Waals surface area contributed by atoms with E-state index in [0.29, 0.717) is 0 Å². The minimum atomic E-state index is 0.784. The summed E-state index contributed by atoms with van der Waals surface area (Å²) < 4.78 is 11.6. The zero-order valence-electron chi connectivity index (χ0n) is 13.8. The molecule has 0 aliphatic carbocycles. The van der Waals surface area contributed by atoms with Crippen molar-refractivity contribution in [2.45, 2.75) is 6.42 Å². The van der Waals surface area contributed by atoms with Crippen molar-refractivity contribution in [1.82, 2.24) is 10.2 Å². The lowest BCUT2D eigenvalue weighted by molar-refractivity contribution is 0.411. The molecule has 2 aromatic carbocycles. The fraction of sp³-hybridized carbons (Fsp3) is 0.316. The summed E-state index contributed by atoms with van der Waals surface area (Å²) >= 11 is 0. The van der Waals surface area contributed by atoms with E-state index in [2.05, 4.69) is 10.2 Å². The lowest BCUT2D eigenvalue weighted by Gasteiger charge is -2.24. The van der Waals surface area contributed by atoms with Gasteiger partial charge in [0.1, 0.15) is 23.0 Å². The van der Waals surface area contributed by atoms with Crippen LogP contribution in [0.1, 0.15) is 12.0 Å². The molecule has 0 radical (unpaired) electrons. The molecule has 4 rings (SSSR count). The van der Waals surface area contributed by atoms with Crippen LogP contribution in [0.25, 0.3) is 0 Å². The Labute approximate surface area is 141 Å². The van der Waals surface area contributed by atoms with Gasteiger partial charge in [0.2, 0.25) is 0 Å². The van der Waals surface area contributed by atoms with Crippen molar-refractivity contribution in [3.05, 3.63) is 48.0 Å². The first-order chi connectivity index (χ1) is 11.8. The largest absolute Gasteiger partial charge is 0.497 e. The molecule has 1 saturated heterocycles. The van der Waals surface area contributed by atoms with Crippen molar-refractivity contribution in [2.24, 2.45) is 4.99 Å². The molecule has 2 aromatic rings. The highest BCUT2D eigenvalue weighted by Crippen LogP contribution is 2.39. The number of hydrogen-bond donors (Lipinski definition) is 1. The molecule has 24 heavy (non-hydrogen) atoms. The van der Waals surface area contributed by atoms with Gasteiger partial charge in [-0.25, -0.2) is 4.99 Å². The monoisotopic (exact) mass is 323 g/mol. The highest BCUT2D eigenvalue weighted by atomic mass is 16.5. The maximum Gasteiger partial charge on any atom is 0.153 e. The third-order valence-corrected chi connectivity index (χ3v) is 4.38. The highest BCUT2D eigenvalue weighted by molar-refractivity contribution is 6.04. The molecule has 0 saturated carbocycles. The molecule has 2 aliphatic heterocycles. The van der Waals surface area contributed by atoms with Crippen LogP contribution in [-0.4, -0.2) is 44.0 Å². The Morgan fingerprint density at radius 1 is 1.08 bits per heavy atom. The molecule has 0 unspecified atom stereocenters. The van der Waals surface area contributed by atoms with Gasteiger partial charge in [0.25, 0.3) is 0 Å². The first kappa shape index (κ1) is 15.0. The molecule has 5 heteroatoms. The molecule has 0 spiro atoms. The Hall–Kier alpha value is -2.53. The predicted molar refractivity (Wildman–Crippen MR) is 94.8 cm³/mol. The third kappa shape index (κ3) is 2.83. The van der Waals surface area contributed by atoms with E-state index in [1.807, 2.05) is 42.5 Å². The van der Waals surface area contributed by atoms with Crippen molar-refractivity contribution >= 4 is 11.5 Å². The second kappa shape index (κ2) is 6.53. The van der Waals surface area contributed by atoms with Crippen LogP contribution in [0.5, 0.6) is 17.2 Å². The van der Waals surface area contributed by atoms with Crippen molar-refractivity contribution in [3.8, 4) is 17.2 Å². The number of hydrogen-bond acceptors (Lipinski definition) is 5. The number of para-hydroxylation sites is 2. The average molecular weight is 323 g/mol. The number of rotatable bonds is 1. The summed E-state index contributed by atoms with van der Waals surface area (Å²) in [5.41, 5.74) is 1.84. The molecular formula is C19H21N3O2. The van der Waals surface area contributed by atoms with E-state index in [1.165, 1.54) is 0 Å². The van der Waals surface area contributed by atoms with Gasteiger partial charge >= 0.3 is 0 Å². The Kier molecular flexibility index (Phi) is 4.09. The normalized spacial score (nSPS) is 16.9. The van der Waals surface area contributed by atoms with E-state index < -0.39 is 0 Å². The van der Waals surface area contributed by atoms with Crippen LogP contribution in [0.2, 0.25) is 0 Å². The van der Waals surface area contributed by atoms with Gasteiger partial charge in [-0.05, 0) is 43.3 Å². The quantitative estimate of drug-likeness (QED) is 0.875. The van der Waals surface area contributed by atoms with Gasteiger partial charge in [0.05, 0.1) is 12.7 Å². The van der Waals surface area contributed by atoms with Crippen LogP contribution in [0.4, 0.5) is 5.69 Å². The number of nitrogens with one attached hydrogen (secondary N) is 1. The van der Waals surface area contributed by atoms with Crippen molar-refractivity contribution < 1.29 is 9.47 Å². The third-order valence-electron chi connectivity index (χ3n) is 4.38. The van der Waals surface area contributed by atoms with E-state index in [0.717, 1.165) is 66.9 Å². The number of methoxy groups -OCH3 is 1. The Morgan fingerprint density at radius 2 is 2.00 bits per heavy atom. The molecule has 0 amide bonds. The summed E-state index contributed by atoms with van der Waals surface area (Å²) in [6.07, 6.45) is 1.10. The Morgan fingerprint density at radius 3 is 2.92 bits per heavy atom. The lowest BCUT2D eigenvalue weighted by atomic mass is 10.1. The second-order valence-corrected chi connectivity index (χ2v) is 5.96. The second-order valence-electron chi connectivity index (χ2n) is 5.96. The van der Waals surface area contributed by atoms with E-state index in [9.17, 15) is 0 Å². The van der Waals surface area contributed by atoms with Crippen LogP contribution >= 0.6 is 0 Å². The summed E-state index contributed by atoms with van der Waals surface area (Å²) in [5.74, 6) is 3.37. The van der Waals surface area contributed by atoms with Crippen LogP contribution in [0.3, 0.4) is 0 Å². The molecule has 0 bridgehead atoms. The van der Waals surface area contributed by atoms with E-state index >= 15 is 0 Å². The van der Waals surface area contributed by atoms with Gasteiger partial charge < -0.3 is 19.7 Å². The molecule has 1 fully saturated rings. The number of fused-ring (bicyclic) bond motifs is 2. The standard InChI is InChI=1S/C19H21N3O2/c1-23-14-7-8-17-15(13-14)19(22-11-4-9-20-10-12-22)21-16-5-2-3-6-18(16)24-17/h2-3,5-8,13,20H,4,9-12H2,1H3. The molecule has 0 aromatic heterocycles. The first-order valence-corrected chi connectivity index (χ1v) is 8.35. The molecule has 2 aliphatic rings. The van der Waals surface area contributed by atoms with Gasteiger partial charge in [-0.1, -0.05) is 12.1 Å². The number of amidine groups is 1. The zero-order valence-corrected chi connectivity index (χ0v) is 13.8. The summed E-state index contributed by atoms with van der Waals surface area (Å²) in [7, 11) is 1.68. The van der Waals surface area contributed by atoms with Gasteiger partial charge in [-0.2, -0.15) is 0 Å². The number of nitrogens with zero attached hydrogens (tertiary/aromatic N) is 2. The SMILES string of the molecule is COc1ccc2c(c1)C(N1CCCNCC1)=Nc1ccccc1O2. The fourth-order valence-corrected chi connectivity index (χ4v) is 3.13. The predicted octanol–water partition coefficient (Wildman–Crippen LogP) is 3.17. The molecule has 1 N–H and O–H groups in total. The maximum atomic E-state index is 6.14. The molecular weight excluding hydrogens is 302 g/mol. The van der Waals surface area contributed by atoms with Crippen LogP contribution < -0.4 is 14.8 Å². The van der Waals surface area contributed by atoms with Crippen molar-refractivity contribution in [2.75, 3.05) is 33.3 Å². The minimum Gasteiger partial charge on any atom is -0.497 e. The van der Waals surface area contributed by atoms with Crippen LogP contribution in [-0.2, 0) is 0 Å². The Bertz CT molecular complexity index is 765. The van der Waals surface area contributed by atoms with Crippen molar-refractivity contribution in [3.63, 3.8) is 0 Å². The summed E-state index contributed by atoms with van der Waals surface area (Å²) in [6.45, 7) is 3.91. The van der Waals surface area contributed by atoms with Crippen LogP contribution in [0.15, 0.2) is 47.5 Å². The minimum absolute atomic E-state index is 0.784.